The zero-order valence-electron chi connectivity index (χ0n) is 16.7. The number of hydrogen-bond acceptors (Lipinski definition) is 6. The maximum Gasteiger partial charge on any atom is 0.344 e. The van der Waals surface area contributed by atoms with Crippen molar-refractivity contribution in [3.8, 4) is 11.5 Å². The van der Waals surface area contributed by atoms with Crippen LogP contribution in [0.5, 0.6) is 11.5 Å². The van der Waals surface area contributed by atoms with Crippen molar-refractivity contribution in [1.82, 2.24) is 4.90 Å². The highest BCUT2D eigenvalue weighted by Crippen LogP contribution is 2.39. The Morgan fingerprint density at radius 3 is 2.50 bits per heavy atom. The number of ether oxygens (including phenoxy) is 2. The van der Waals surface area contributed by atoms with E-state index in [2.05, 4.69) is 0 Å². The van der Waals surface area contributed by atoms with Crippen LogP contribution < -0.4 is 9.47 Å². The van der Waals surface area contributed by atoms with Crippen LogP contribution in [0.2, 0.25) is 0 Å². The highest BCUT2D eigenvalue weighted by Gasteiger charge is 2.35. The highest BCUT2D eigenvalue weighted by atomic mass is 32.2. The van der Waals surface area contributed by atoms with Gasteiger partial charge in [-0.3, -0.25) is 9.69 Å². The van der Waals surface area contributed by atoms with E-state index in [1.54, 1.807) is 29.2 Å². The molecular formula is C22H21NO5S2. The number of nitrogens with zero attached hydrogens (tertiary/aromatic N) is 1. The molecule has 6 nitrogen and oxygen atoms in total. The molecule has 1 saturated heterocycles. The lowest BCUT2D eigenvalue weighted by Gasteiger charge is -2.23. The fourth-order valence-electron chi connectivity index (χ4n) is 2.96. The van der Waals surface area contributed by atoms with Gasteiger partial charge in [-0.2, -0.15) is 0 Å². The molecule has 2 aromatic rings. The van der Waals surface area contributed by atoms with Crippen molar-refractivity contribution in [2.45, 2.75) is 26.0 Å². The first-order valence-electron chi connectivity index (χ1n) is 9.21. The second kappa shape index (κ2) is 9.32. The molecule has 1 aliphatic rings. The molecule has 1 amide bonds. The number of thioether (sulfide) groups is 1. The summed E-state index contributed by atoms with van der Waals surface area (Å²) in [5, 5.41) is 9.02. The summed E-state index contributed by atoms with van der Waals surface area (Å²) in [6.45, 7) is 3.39. The van der Waals surface area contributed by atoms with Crippen LogP contribution in [-0.4, -0.2) is 39.4 Å². The largest absolute Gasteiger partial charge is 0.493 e. The molecule has 3 rings (SSSR count). The monoisotopic (exact) mass is 443 g/mol. The first kappa shape index (κ1) is 21.9. The topological polar surface area (TPSA) is 76.1 Å². The van der Waals surface area contributed by atoms with Crippen LogP contribution in [-0.2, 0) is 9.59 Å². The average Bonchev–Trinajstić information content (AvgIpc) is 3.01. The zero-order valence-corrected chi connectivity index (χ0v) is 18.3. The van der Waals surface area contributed by atoms with Gasteiger partial charge in [-0.1, -0.05) is 60.4 Å². The molecule has 1 fully saturated rings. The molecule has 30 heavy (non-hydrogen) atoms. The van der Waals surface area contributed by atoms with Crippen molar-refractivity contribution in [1.29, 1.82) is 0 Å². The van der Waals surface area contributed by atoms with Crippen LogP contribution in [0, 0.1) is 0 Å². The molecule has 0 aliphatic carbocycles. The minimum atomic E-state index is -1.07. The van der Waals surface area contributed by atoms with Crippen molar-refractivity contribution in [3.63, 3.8) is 0 Å². The number of rotatable bonds is 7. The normalized spacial score (nSPS) is 17.2. The van der Waals surface area contributed by atoms with Gasteiger partial charge in [0.1, 0.15) is 4.32 Å². The quantitative estimate of drug-likeness (QED) is 0.498. The molecule has 2 aromatic carbocycles. The number of carboxylic acids is 1. The Balaban J connectivity index is 1.84. The highest BCUT2D eigenvalue weighted by molar-refractivity contribution is 8.26. The predicted octanol–water partition coefficient (Wildman–Crippen LogP) is 4.51. The number of carboxylic acid groups (broad SMARTS) is 1. The Hall–Kier alpha value is -2.84. The Bertz CT molecular complexity index is 1010. The molecule has 156 valence electrons. The summed E-state index contributed by atoms with van der Waals surface area (Å²) in [6, 6.07) is 14.6. The third kappa shape index (κ3) is 4.66. The first-order chi connectivity index (χ1) is 14.3. The van der Waals surface area contributed by atoms with Gasteiger partial charge in [-0.15, -0.1) is 0 Å². The van der Waals surface area contributed by atoms with Gasteiger partial charge in [-0.25, -0.2) is 4.79 Å². The van der Waals surface area contributed by atoms with Gasteiger partial charge >= 0.3 is 5.97 Å². The standard InChI is InChI=1S/C22H21NO5S2/c1-13(16-7-5-4-6-8-16)23-20(24)19(30-22(23)29)12-15-9-10-17(18(11-15)27-3)28-14(2)21(25)26/h4-14H,1-3H3,(H,25,26)/b19-12+. The van der Waals surface area contributed by atoms with E-state index in [0.29, 0.717) is 20.7 Å². The molecule has 2 atom stereocenters. The molecule has 0 radical (unpaired) electrons. The van der Waals surface area contributed by atoms with Crippen LogP contribution in [0.4, 0.5) is 0 Å². The van der Waals surface area contributed by atoms with Crippen molar-refractivity contribution >= 4 is 46.3 Å². The van der Waals surface area contributed by atoms with E-state index >= 15 is 0 Å². The third-order valence-corrected chi connectivity index (χ3v) is 5.96. The van der Waals surface area contributed by atoms with E-state index in [9.17, 15) is 9.59 Å². The number of aliphatic carboxylic acids is 1. The van der Waals surface area contributed by atoms with Gasteiger partial charge < -0.3 is 14.6 Å². The minimum Gasteiger partial charge on any atom is -0.493 e. The first-order valence-corrected chi connectivity index (χ1v) is 10.4. The van der Waals surface area contributed by atoms with Gasteiger partial charge in [0.15, 0.2) is 17.6 Å². The van der Waals surface area contributed by atoms with Crippen LogP contribution in [0.1, 0.15) is 31.0 Å². The number of benzene rings is 2. The Labute approximate surface area is 184 Å². The van der Waals surface area contributed by atoms with Crippen LogP contribution in [0.25, 0.3) is 6.08 Å². The molecule has 2 unspecified atom stereocenters. The summed E-state index contributed by atoms with van der Waals surface area (Å²) in [6.07, 6.45) is 0.727. The molecule has 0 aromatic heterocycles. The van der Waals surface area contributed by atoms with E-state index < -0.39 is 12.1 Å². The molecule has 0 spiro atoms. The summed E-state index contributed by atoms with van der Waals surface area (Å²) in [4.78, 5) is 26.2. The van der Waals surface area contributed by atoms with E-state index in [1.165, 1.54) is 25.8 Å². The van der Waals surface area contributed by atoms with Crippen molar-refractivity contribution in [2.75, 3.05) is 7.11 Å². The SMILES string of the molecule is COc1cc(/C=C2/SC(=S)N(C(C)c3ccccc3)C2=O)ccc1OC(C)C(=O)O. The number of carbonyl (C=O) groups excluding carboxylic acids is 1. The second-order valence-corrected chi connectivity index (χ2v) is 8.32. The summed E-state index contributed by atoms with van der Waals surface area (Å²) >= 11 is 6.71. The second-order valence-electron chi connectivity index (χ2n) is 6.65. The van der Waals surface area contributed by atoms with E-state index in [1.807, 2.05) is 37.3 Å². The molecule has 0 bridgehead atoms. The van der Waals surface area contributed by atoms with Crippen molar-refractivity contribution in [3.05, 3.63) is 64.6 Å². The lowest BCUT2D eigenvalue weighted by molar-refractivity contribution is -0.144. The summed E-state index contributed by atoms with van der Waals surface area (Å²) in [5.74, 6) is -0.530. The number of thiocarbonyl (C=S) groups is 1. The Morgan fingerprint density at radius 2 is 1.87 bits per heavy atom. The van der Waals surface area contributed by atoms with Gasteiger partial charge in [0, 0.05) is 0 Å². The number of carbonyl (C=O) groups is 2. The molecule has 1 N–H and O–H groups in total. The fourth-order valence-corrected chi connectivity index (χ4v) is 4.38. The molecule has 1 heterocycles. The zero-order chi connectivity index (χ0) is 21.8. The van der Waals surface area contributed by atoms with Crippen LogP contribution in [0.3, 0.4) is 0 Å². The van der Waals surface area contributed by atoms with E-state index in [-0.39, 0.29) is 11.9 Å². The van der Waals surface area contributed by atoms with Crippen molar-refractivity contribution in [2.24, 2.45) is 0 Å². The van der Waals surface area contributed by atoms with Gasteiger partial charge in [0.05, 0.1) is 18.1 Å². The summed E-state index contributed by atoms with van der Waals surface area (Å²) in [5.41, 5.74) is 1.72. The number of methoxy groups -OCH3 is 1. The predicted molar refractivity (Wildman–Crippen MR) is 121 cm³/mol. The van der Waals surface area contributed by atoms with Crippen LogP contribution >= 0.6 is 24.0 Å². The van der Waals surface area contributed by atoms with E-state index in [0.717, 1.165) is 11.1 Å². The van der Waals surface area contributed by atoms with Gasteiger partial charge in [-0.05, 0) is 43.2 Å². The smallest absolute Gasteiger partial charge is 0.344 e. The summed E-state index contributed by atoms with van der Waals surface area (Å²) in [7, 11) is 1.47. The fraction of sp³-hybridized carbons (Fsp3) is 0.227. The van der Waals surface area contributed by atoms with Crippen LogP contribution in [0.15, 0.2) is 53.4 Å². The maximum absolute atomic E-state index is 13.0. The number of hydrogen-bond donors (Lipinski definition) is 1. The number of amides is 1. The molecule has 8 heteroatoms. The van der Waals surface area contributed by atoms with Gasteiger partial charge in [0.2, 0.25) is 0 Å². The third-order valence-electron chi connectivity index (χ3n) is 4.63. The minimum absolute atomic E-state index is 0.153. The Kier molecular flexibility index (Phi) is 6.79. The lowest BCUT2D eigenvalue weighted by atomic mass is 10.1. The molecular weight excluding hydrogens is 422 g/mol. The van der Waals surface area contributed by atoms with E-state index in [4.69, 9.17) is 26.8 Å². The van der Waals surface area contributed by atoms with Crippen molar-refractivity contribution < 1.29 is 24.2 Å². The summed E-state index contributed by atoms with van der Waals surface area (Å²) < 4.78 is 11.2. The maximum atomic E-state index is 13.0. The van der Waals surface area contributed by atoms with Gasteiger partial charge in [0.25, 0.3) is 5.91 Å². The average molecular weight is 444 g/mol. The molecule has 1 aliphatic heterocycles. The molecule has 0 saturated carbocycles. The lowest BCUT2D eigenvalue weighted by Crippen LogP contribution is -2.30. The Morgan fingerprint density at radius 1 is 1.17 bits per heavy atom.